The van der Waals surface area contributed by atoms with Crippen molar-refractivity contribution in [2.45, 2.75) is 26.2 Å². The number of Topliss-reactive ketones (excluding diaryl/α,β-unsaturated/α-hetero) is 1. The van der Waals surface area contributed by atoms with Gasteiger partial charge in [-0.25, -0.2) is 0 Å². The lowest BCUT2D eigenvalue weighted by Gasteiger charge is -2.18. The number of carbonyl (C=O) groups excluding carboxylic acids is 1. The number of aryl methyl sites for hydroxylation is 2. The molecule has 24 heavy (non-hydrogen) atoms. The van der Waals surface area contributed by atoms with Crippen molar-refractivity contribution in [1.29, 1.82) is 0 Å². The van der Waals surface area contributed by atoms with E-state index in [2.05, 4.69) is 56.3 Å². The number of rotatable bonds is 5. The van der Waals surface area contributed by atoms with Gasteiger partial charge in [0, 0.05) is 5.56 Å². The van der Waals surface area contributed by atoms with Gasteiger partial charge < -0.3 is 0 Å². The number of ketones is 1. The van der Waals surface area contributed by atoms with E-state index in [4.69, 9.17) is 0 Å². The van der Waals surface area contributed by atoms with Crippen molar-refractivity contribution in [2.75, 3.05) is 0 Å². The minimum atomic E-state index is -0.158. The number of benzene rings is 3. The summed E-state index contributed by atoms with van der Waals surface area (Å²) in [5, 5.41) is 0. The van der Waals surface area contributed by atoms with Gasteiger partial charge in [-0.2, -0.15) is 0 Å². The maximum Gasteiger partial charge on any atom is 0.170 e. The summed E-state index contributed by atoms with van der Waals surface area (Å²) >= 11 is 0. The Morgan fingerprint density at radius 3 is 2.12 bits per heavy atom. The van der Waals surface area contributed by atoms with E-state index in [0.717, 1.165) is 17.5 Å². The molecule has 3 rings (SSSR count). The van der Waals surface area contributed by atoms with Crippen LogP contribution in [-0.2, 0) is 6.42 Å². The first-order valence-electron chi connectivity index (χ1n) is 8.35. The van der Waals surface area contributed by atoms with Crippen LogP contribution >= 0.6 is 0 Å². The maximum atomic E-state index is 13.1. The summed E-state index contributed by atoms with van der Waals surface area (Å²) in [7, 11) is 0. The molecule has 0 amide bonds. The summed E-state index contributed by atoms with van der Waals surface area (Å²) < 4.78 is 0. The van der Waals surface area contributed by atoms with Crippen LogP contribution in [0.2, 0.25) is 0 Å². The summed E-state index contributed by atoms with van der Waals surface area (Å²) in [6.07, 6.45) is 0.721. The van der Waals surface area contributed by atoms with E-state index in [9.17, 15) is 4.79 Å². The van der Waals surface area contributed by atoms with Gasteiger partial charge >= 0.3 is 0 Å². The Kier molecular flexibility index (Phi) is 4.90. The molecule has 0 aliphatic rings. The summed E-state index contributed by atoms with van der Waals surface area (Å²) in [5.41, 5.74) is 5.47. The summed E-state index contributed by atoms with van der Waals surface area (Å²) in [6.45, 7) is 4.16. The smallest absolute Gasteiger partial charge is 0.170 e. The highest BCUT2D eigenvalue weighted by Crippen LogP contribution is 2.26. The van der Waals surface area contributed by atoms with Gasteiger partial charge in [-0.05, 0) is 31.4 Å². The Labute approximate surface area is 144 Å². The topological polar surface area (TPSA) is 17.1 Å². The van der Waals surface area contributed by atoms with Crippen LogP contribution in [0.15, 0.2) is 78.9 Å². The van der Waals surface area contributed by atoms with E-state index in [-0.39, 0.29) is 11.7 Å². The monoisotopic (exact) mass is 314 g/mol. The first-order chi connectivity index (χ1) is 11.6. The minimum absolute atomic E-state index is 0.158. The molecule has 120 valence electrons. The molecule has 0 heterocycles. The lowest BCUT2D eigenvalue weighted by atomic mass is 9.85. The fourth-order valence-corrected chi connectivity index (χ4v) is 3.13. The zero-order valence-electron chi connectivity index (χ0n) is 14.2. The first-order valence-corrected chi connectivity index (χ1v) is 8.35. The lowest BCUT2D eigenvalue weighted by molar-refractivity contribution is 0.0959. The van der Waals surface area contributed by atoms with E-state index in [1.54, 1.807) is 0 Å². The summed E-state index contributed by atoms with van der Waals surface area (Å²) in [6, 6.07) is 26.3. The Hall–Kier alpha value is -2.67. The van der Waals surface area contributed by atoms with Crippen molar-refractivity contribution < 1.29 is 4.79 Å². The molecule has 0 aliphatic heterocycles. The highest BCUT2D eigenvalue weighted by molar-refractivity contribution is 6.01. The molecule has 1 nitrogen and oxygen atoms in total. The highest BCUT2D eigenvalue weighted by Gasteiger charge is 2.22. The average molecular weight is 314 g/mol. The summed E-state index contributed by atoms with van der Waals surface area (Å²) in [4.78, 5) is 13.1. The Balaban J connectivity index is 1.99. The van der Waals surface area contributed by atoms with Crippen LogP contribution < -0.4 is 0 Å². The average Bonchev–Trinajstić information content (AvgIpc) is 2.60. The van der Waals surface area contributed by atoms with Gasteiger partial charge in [0.05, 0.1) is 5.92 Å². The molecule has 1 heteroatoms. The van der Waals surface area contributed by atoms with Crippen LogP contribution in [0.25, 0.3) is 0 Å². The quantitative estimate of drug-likeness (QED) is 0.567. The molecular formula is C23H22O. The molecule has 3 aromatic carbocycles. The molecule has 0 fully saturated rings. The first kappa shape index (κ1) is 16.2. The fraction of sp³-hybridized carbons (Fsp3) is 0.174. The predicted octanol–water partition coefficient (Wildman–Crippen LogP) is 5.51. The van der Waals surface area contributed by atoms with E-state index < -0.39 is 0 Å². The lowest BCUT2D eigenvalue weighted by Crippen LogP contribution is -2.16. The molecule has 0 aliphatic carbocycles. The molecular weight excluding hydrogens is 292 g/mol. The normalized spacial score (nSPS) is 11.9. The molecule has 0 N–H and O–H groups in total. The fourth-order valence-electron chi connectivity index (χ4n) is 3.13. The van der Waals surface area contributed by atoms with Crippen molar-refractivity contribution in [1.82, 2.24) is 0 Å². The zero-order chi connectivity index (χ0) is 16.9. The van der Waals surface area contributed by atoms with Crippen LogP contribution in [0, 0.1) is 13.8 Å². The Morgan fingerprint density at radius 2 is 1.46 bits per heavy atom. The molecule has 0 spiro atoms. The SMILES string of the molecule is Cc1cccc(CC(C(=O)c2ccccc2)c2cccc(C)c2)c1. The third-order valence-electron chi connectivity index (χ3n) is 4.34. The van der Waals surface area contributed by atoms with Crippen molar-refractivity contribution in [3.63, 3.8) is 0 Å². The van der Waals surface area contributed by atoms with Crippen LogP contribution in [0.3, 0.4) is 0 Å². The predicted molar refractivity (Wildman–Crippen MR) is 99.6 cm³/mol. The molecule has 1 unspecified atom stereocenters. The van der Waals surface area contributed by atoms with E-state index in [1.807, 2.05) is 36.4 Å². The van der Waals surface area contributed by atoms with Crippen LogP contribution in [0.4, 0.5) is 0 Å². The van der Waals surface area contributed by atoms with E-state index >= 15 is 0 Å². The van der Waals surface area contributed by atoms with Crippen LogP contribution in [0.5, 0.6) is 0 Å². The third-order valence-corrected chi connectivity index (χ3v) is 4.34. The Bertz CT molecular complexity index is 833. The second-order valence-corrected chi connectivity index (χ2v) is 6.39. The number of hydrogen-bond donors (Lipinski definition) is 0. The van der Waals surface area contributed by atoms with Crippen LogP contribution in [0.1, 0.15) is 38.5 Å². The largest absolute Gasteiger partial charge is 0.293 e. The van der Waals surface area contributed by atoms with Crippen molar-refractivity contribution >= 4 is 5.78 Å². The van der Waals surface area contributed by atoms with Crippen LogP contribution in [-0.4, -0.2) is 5.78 Å². The highest BCUT2D eigenvalue weighted by atomic mass is 16.1. The second kappa shape index (κ2) is 7.27. The van der Waals surface area contributed by atoms with Gasteiger partial charge in [-0.3, -0.25) is 4.79 Å². The number of carbonyl (C=O) groups is 1. The van der Waals surface area contributed by atoms with Crippen molar-refractivity contribution in [3.8, 4) is 0 Å². The van der Waals surface area contributed by atoms with Crippen molar-refractivity contribution in [3.05, 3.63) is 107 Å². The van der Waals surface area contributed by atoms with E-state index in [1.165, 1.54) is 16.7 Å². The van der Waals surface area contributed by atoms with Gasteiger partial charge in [0.2, 0.25) is 0 Å². The molecule has 0 saturated heterocycles. The van der Waals surface area contributed by atoms with Gasteiger partial charge in [-0.15, -0.1) is 0 Å². The second-order valence-electron chi connectivity index (χ2n) is 6.39. The standard InChI is InChI=1S/C23H22O/c1-17-8-6-10-19(14-17)16-22(21-13-7-9-18(2)15-21)23(24)20-11-4-3-5-12-20/h3-15,22H,16H2,1-2H3. The zero-order valence-corrected chi connectivity index (χ0v) is 14.2. The third kappa shape index (κ3) is 3.80. The number of hydrogen-bond acceptors (Lipinski definition) is 1. The van der Waals surface area contributed by atoms with Gasteiger partial charge in [0.15, 0.2) is 5.78 Å². The minimum Gasteiger partial charge on any atom is -0.293 e. The molecule has 0 bridgehead atoms. The molecule has 0 radical (unpaired) electrons. The summed E-state index contributed by atoms with van der Waals surface area (Å²) in [5.74, 6) is 0.0248. The molecule has 0 saturated carbocycles. The van der Waals surface area contributed by atoms with Gasteiger partial charge in [0.25, 0.3) is 0 Å². The van der Waals surface area contributed by atoms with Gasteiger partial charge in [-0.1, -0.05) is 90.0 Å². The van der Waals surface area contributed by atoms with E-state index in [0.29, 0.717) is 0 Å². The molecule has 0 aromatic heterocycles. The Morgan fingerprint density at radius 1 is 0.792 bits per heavy atom. The molecule has 3 aromatic rings. The van der Waals surface area contributed by atoms with Gasteiger partial charge in [0.1, 0.15) is 0 Å². The van der Waals surface area contributed by atoms with Crippen molar-refractivity contribution in [2.24, 2.45) is 0 Å². The molecule has 1 atom stereocenters. The maximum absolute atomic E-state index is 13.1.